The zero-order chi connectivity index (χ0) is 14.2. The largest absolute Gasteiger partial charge is 0.451 e. The van der Waals surface area contributed by atoms with Crippen molar-refractivity contribution in [2.75, 3.05) is 6.54 Å². The first-order chi connectivity index (χ1) is 10.3. The Morgan fingerprint density at radius 1 is 1.10 bits per heavy atom. The molecule has 21 heavy (non-hydrogen) atoms. The number of likely N-dealkylation sites (tertiary alicyclic amines) is 1. The SMILES string of the molecule is O=C(c1cc2ccccc2o1)N1CCCC2CCCCC21. The average Bonchev–Trinajstić information content (AvgIpc) is 2.97. The smallest absolute Gasteiger partial charge is 0.289 e. The van der Waals surface area contributed by atoms with Crippen molar-refractivity contribution in [3.05, 3.63) is 36.1 Å². The number of furan rings is 1. The van der Waals surface area contributed by atoms with Crippen LogP contribution in [0.3, 0.4) is 0 Å². The molecule has 2 atom stereocenters. The molecule has 0 bridgehead atoms. The summed E-state index contributed by atoms with van der Waals surface area (Å²) in [6.07, 6.45) is 7.45. The second-order valence-corrected chi connectivity index (χ2v) is 6.40. The molecule has 1 saturated carbocycles. The van der Waals surface area contributed by atoms with Crippen LogP contribution in [0, 0.1) is 5.92 Å². The molecule has 1 aliphatic carbocycles. The number of carbonyl (C=O) groups is 1. The van der Waals surface area contributed by atoms with Crippen LogP contribution in [0.4, 0.5) is 0 Å². The second kappa shape index (κ2) is 5.21. The number of hydrogen-bond acceptors (Lipinski definition) is 2. The highest BCUT2D eigenvalue weighted by atomic mass is 16.3. The van der Waals surface area contributed by atoms with Crippen molar-refractivity contribution >= 4 is 16.9 Å². The van der Waals surface area contributed by atoms with Crippen LogP contribution in [0.1, 0.15) is 49.1 Å². The van der Waals surface area contributed by atoms with Gasteiger partial charge in [-0.25, -0.2) is 0 Å². The predicted octanol–water partition coefficient (Wildman–Crippen LogP) is 4.23. The van der Waals surface area contributed by atoms with E-state index in [1.807, 2.05) is 30.3 Å². The van der Waals surface area contributed by atoms with Crippen LogP contribution >= 0.6 is 0 Å². The molecular weight excluding hydrogens is 262 g/mol. The number of rotatable bonds is 1. The van der Waals surface area contributed by atoms with Crippen LogP contribution < -0.4 is 0 Å². The van der Waals surface area contributed by atoms with Crippen molar-refractivity contribution in [1.82, 2.24) is 4.90 Å². The Balaban J connectivity index is 1.63. The molecule has 2 aliphatic rings. The van der Waals surface area contributed by atoms with Crippen molar-refractivity contribution in [3.8, 4) is 0 Å². The molecule has 2 unspecified atom stereocenters. The summed E-state index contributed by atoms with van der Waals surface area (Å²) in [4.78, 5) is 14.9. The molecule has 0 spiro atoms. The molecule has 3 nitrogen and oxygen atoms in total. The number of amides is 1. The number of hydrogen-bond donors (Lipinski definition) is 0. The lowest BCUT2D eigenvalue weighted by molar-refractivity contribution is 0.0364. The van der Waals surface area contributed by atoms with Crippen molar-refractivity contribution in [1.29, 1.82) is 0 Å². The topological polar surface area (TPSA) is 33.5 Å². The molecule has 0 radical (unpaired) electrons. The first-order valence-electron chi connectivity index (χ1n) is 8.12. The van der Waals surface area contributed by atoms with Crippen molar-refractivity contribution < 1.29 is 9.21 Å². The molecule has 1 amide bonds. The number of fused-ring (bicyclic) bond motifs is 2. The molecule has 1 aromatic heterocycles. The van der Waals surface area contributed by atoms with Gasteiger partial charge in [-0.15, -0.1) is 0 Å². The summed E-state index contributed by atoms with van der Waals surface area (Å²) in [7, 11) is 0. The lowest BCUT2D eigenvalue weighted by Gasteiger charge is -2.43. The number of carbonyl (C=O) groups excluding carboxylic acids is 1. The minimum absolute atomic E-state index is 0.0859. The molecule has 110 valence electrons. The maximum atomic E-state index is 12.9. The lowest BCUT2D eigenvalue weighted by atomic mass is 9.78. The Morgan fingerprint density at radius 3 is 2.81 bits per heavy atom. The van der Waals surface area contributed by atoms with Gasteiger partial charge in [0, 0.05) is 18.0 Å². The van der Waals surface area contributed by atoms with Gasteiger partial charge in [0.25, 0.3) is 5.91 Å². The van der Waals surface area contributed by atoms with Gasteiger partial charge in [0.1, 0.15) is 5.58 Å². The molecule has 2 heterocycles. The molecule has 2 fully saturated rings. The molecular formula is C18H21NO2. The third-order valence-corrected chi connectivity index (χ3v) is 5.14. The molecule has 0 N–H and O–H groups in total. The number of benzene rings is 1. The molecule has 1 aromatic carbocycles. The molecule has 1 saturated heterocycles. The normalized spacial score (nSPS) is 25.8. The number of para-hydroxylation sites is 1. The standard InChI is InChI=1S/C18H21NO2/c20-18(17-12-14-7-2-4-10-16(14)21-17)19-11-5-8-13-6-1-3-9-15(13)19/h2,4,7,10,12-13,15H,1,3,5-6,8-9,11H2. The van der Waals surface area contributed by atoms with Gasteiger partial charge >= 0.3 is 0 Å². The van der Waals surface area contributed by atoms with E-state index < -0.39 is 0 Å². The fraction of sp³-hybridized carbons (Fsp3) is 0.500. The summed E-state index contributed by atoms with van der Waals surface area (Å²) in [5.41, 5.74) is 0.804. The summed E-state index contributed by atoms with van der Waals surface area (Å²) < 4.78 is 5.77. The van der Waals surface area contributed by atoms with Crippen molar-refractivity contribution in [2.45, 2.75) is 44.6 Å². The van der Waals surface area contributed by atoms with Gasteiger partial charge in [-0.05, 0) is 43.7 Å². The Bertz CT molecular complexity index is 625. The maximum Gasteiger partial charge on any atom is 0.289 e. The Hall–Kier alpha value is -1.77. The zero-order valence-electron chi connectivity index (χ0n) is 12.3. The summed E-state index contributed by atoms with van der Waals surface area (Å²) in [5, 5.41) is 1.01. The Kier molecular flexibility index (Phi) is 3.21. The van der Waals surface area contributed by atoms with E-state index in [0.717, 1.165) is 30.4 Å². The third kappa shape index (κ3) is 2.25. The van der Waals surface area contributed by atoms with E-state index in [2.05, 4.69) is 4.90 Å². The fourth-order valence-corrected chi connectivity index (χ4v) is 4.11. The molecule has 2 aromatic rings. The summed E-state index contributed by atoms with van der Waals surface area (Å²) in [5.74, 6) is 1.30. The van der Waals surface area contributed by atoms with Crippen LogP contribution in [0.25, 0.3) is 11.0 Å². The number of piperidine rings is 1. The van der Waals surface area contributed by atoms with Gasteiger partial charge in [0.2, 0.25) is 0 Å². The van der Waals surface area contributed by atoms with Crippen LogP contribution in [-0.2, 0) is 0 Å². The van der Waals surface area contributed by atoms with E-state index >= 15 is 0 Å². The van der Waals surface area contributed by atoms with E-state index in [1.54, 1.807) is 0 Å². The third-order valence-electron chi connectivity index (χ3n) is 5.14. The molecule has 3 heteroatoms. The lowest BCUT2D eigenvalue weighted by Crippen LogP contribution is -2.49. The van der Waals surface area contributed by atoms with Gasteiger partial charge in [0.05, 0.1) is 0 Å². The van der Waals surface area contributed by atoms with Gasteiger partial charge < -0.3 is 9.32 Å². The summed E-state index contributed by atoms with van der Waals surface area (Å²) in [6.45, 7) is 0.886. The van der Waals surface area contributed by atoms with E-state index in [9.17, 15) is 4.79 Å². The highest BCUT2D eigenvalue weighted by molar-refractivity contribution is 5.96. The Morgan fingerprint density at radius 2 is 1.90 bits per heavy atom. The highest BCUT2D eigenvalue weighted by Crippen LogP contribution is 2.36. The first-order valence-corrected chi connectivity index (χ1v) is 8.12. The minimum Gasteiger partial charge on any atom is -0.451 e. The van der Waals surface area contributed by atoms with Crippen LogP contribution in [-0.4, -0.2) is 23.4 Å². The first kappa shape index (κ1) is 12.9. The van der Waals surface area contributed by atoms with Crippen molar-refractivity contribution in [3.63, 3.8) is 0 Å². The molecule has 1 aliphatic heterocycles. The zero-order valence-corrected chi connectivity index (χ0v) is 12.3. The maximum absolute atomic E-state index is 12.9. The second-order valence-electron chi connectivity index (χ2n) is 6.40. The van der Waals surface area contributed by atoms with E-state index in [1.165, 1.54) is 25.7 Å². The number of nitrogens with zero attached hydrogens (tertiary/aromatic N) is 1. The monoisotopic (exact) mass is 283 g/mol. The van der Waals surface area contributed by atoms with E-state index in [-0.39, 0.29) is 5.91 Å². The van der Waals surface area contributed by atoms with Gasteiger partial charge in [-0.3, -0.25) is 4.79 Å². The van der Waals surface area contributed by atoms with Crippen LogP contribution in [0.15, 0.2) is 34.7 Å². The van der Waals surface area contributed by atoms with Gasteiger partial charge in [-0.1, -0.05) is 31.0 Å². The fourth-order valence-electron chi connectivity index (χ4n) is 4.11. The van der Waals surface area contributed by atoms with Crippen LogP contribution in [0.2, 0.25) is 0 Å². The van der Waals surface area contributed by atoms with Crippen LogP contribution in [0.5, 0.6) is 0 Å². The minimum atomic E-state index is 0.0859. The predicted molar refractivity (Wildman–Crippen MR) is 82.2 cm³/mol. The highest BCUT2D eigenvalue weighted by Gasteiger charge is 2.36. The van der Waals surface area contributed by atoms with Gasteiger partial charge in [0.15, 0.2) is 5.76 Å². The van der Waals surface area contributed by atoms with E-state index in [0.29, 0.717) is 17.7 Å². The summed E-state index contributed by atoms with van der Waals surface area (Å²) >= 11 is 0. The quantitative estimate of drug-likeness (QED) is 0.784. The van der Waals surface area contributed by atoms with Gasteiger partial charge in [-0.2, -0.15) is 0 Å². The average molecular weight is 283 g/mol. The Labute approximate surface area is 124 Å². The summed E-state index contributed by atoms with van der Waals surface area (Å²) in [6, 6.07) is 10.2. The molecule has 4 rings (SSSR count). The van der Waals surface area contributed by atoms with E-state index in [4.69, 9.17) is 4.42 Å². The van der Waals surface area contributed by atoms with Crippen molar-refractivity contribution in [2.24, 2.45) is 5.92 Å².